The number of aromatic nitrogens is 1. The quantitative estimate of drug-likeness (QED) is 0.624. The van der Waals surface area contributed by atoms with Crippen LogP contribution in [0.25, 0.3) is 0 Å². The van der Waals surface area contributed by atoms with Gasteiger partial charge in [0, 0.05) is 12.4 Å². The molecule has 0 aliphatic rings. The Balaban J connectivity index is 2.43. The van der Waals surface area contributed by atoms with Crippen LogP contribution in [0, 0.1) is 0 Å². The van der Waals surface area contributed by atoms with Crippen molar-refractivity contribution < 1.29 is 4.39 Å². The van der Waals surface area contributed by atoms with Gasteiger partial charge in [-0.25, -0.2) is 0 Å². The summed E-state index contributed by atoms with van der Waals surface area (Å²) >= 11 is 0. The molecule has 0 amide bonds. The highest BCUT2D eigenvalue weighted by atomic mass is 19.1. The van der Waals surface area contributed by atoms with E-state index in [9.17, 15) is 4.39 Å². The minimum absolute atomic E-state index is 0.241. The van der Waals surface area contributed by atoms with Gasteiger partial charge in [0.25, 0.3) is 0 Å². The van der Waals surface area contributed by atoms with Gasteiger partial charge in [-0.3, -0.25) is 9.37 Å². The molecule has 0 N–H and O–H groups in total. The first-order chi connectivity index (χ1) is 4.93. The predicted molar refractivity (Wildman–Crippen MR) is 38.5 cm³/mol. The molecule has 0 radical (unpaired) electrons. The predicted octanol–water partition coefficient (Wildman–Crippen LogP) is 1.98. The largest absolute Gasteiger partial charge is 0.264 e. The maximum absolute atomic E-state index is 11.7. The molecule has 0 aliphatic heterocycles. The molecule has 54 valence electrons. The van der Waals surface area contributed by atoms with Gasteiger partial charge >= 0.3 is 0 Å². The first-order valence-electron chi connectivity index (χ1n) is 3.38. The zero-order chi connectivity index (χ0) is 7.23. The van der Waals surface area contributed by atoms with E-state index < -0.39 is 0 Å². The lowest BCUT2D eigenvalue weighted by Gasteiger charge is -1.94. The number of aryl methyl sites for hydroxylation is 1. The number of alkyl halides is 1. The third kappa shape index (κ3) is 2.13. The Morgan fingerprint density at radius 2 is 2.40 bits per heavy atom. The van der Waals surface area contributed by atoms with Gasteiger partial charge in [-0.1, -0.05) is 6.07 Å². The van der Waals surface area contributed by atoms with Crippen molar-refractivity contribution in [2.75, 3.05) is 6.67 Å². The summed E-state index contributed by atoms with van der Waals surface area (Å²) in [7, 11) is 0. The van der Waals surface area contributed by atoms with E-state index >= 15 is 0 Å². The third-order valence-corrected chi connectivity index (χ3v) is 1.32. The summed E-state index contributed by atoms with van der Waals surface area (Å²) in [4.78, 5) is 3.92. The SMILES string of the molecule is FCCCc1cccnc1. The third-order valence-electron chi connectivity index (χ3n) is 1.32. The zero-order valence-electron chi connectivity index (χ0n) is 5.76. The Bertz CT molecular complexity index is 174. The maximum Gasteiger partial charge on any atom is 0.0897 e. The fraction of sp³-hybridized carbons (Fsp3) is 0.375. The highest BCUT2D eigenvalue weighted by Crippen LogP contribution is 1.99. The normalized spacial score (nSPS) is 9.70. The Hall–Kier alpha value is -0.920. The second kappa shape index (κ2) is 3.99. The Labute approximate surface area is 59.9 Å². The molecular formula is C8H10FN. The maximum atomic E-state index is 11.7. The molecule has 0 bridgehead atoms. The highest BCUT2D eigenvalue weighted by Gasteiger charge is 1.89. The van der Waals surface area contributed by atoms with Crippen LogP contribution >= 0.6 is 0 Å². The van der Waals surface area contributed by atoms with Crippen LogP contribution in [0.15, 0.2) is 24.5 Å². The van der Waals surface area contributed by atoms with Crippen LogP contribution in [0.4, 0.5) is 4.39 Å². The average Bonchev–Trinajstić information content (AvgIpc) is 2.03. The van der Waals surface area contributed by atoms with Crippen LogP contribution in [0.3, 0.4) is 0 Å². The minimum atomic E-state index is -0.241. The van der Waals surface area contributed by atoms with Crippen molar-refractivity contribution in [1.29, 1.82) is 0 Å². The molecule has 0 saturated heterocycles. The van der Waals surface area contributed by atoms with Crippen LogP contribution in [-0.2, 0) is 6.42 Å². The minimum Gasteiger partial charge on any atom is -0.264 e. The van der Waals surface area contributed by atoms with Crippen LogP contribution < -0.4 is 0 Å². The lowest BCUT2D eigenvalue weighted by atomic mass is 10.2. The number of hydrogen-bond donors (Lipinski definition) is 0. The van der Waals surface area contributed by atoms with E-state index in [4.69, 9.17) is 0 Å². The molecule has 1 aromatic rings. The molecule has 10 heavy (non-hydrogen) atoms. The van der Waals surface area contributed by atoms with Gasteiger partial charge in [-0.2, -0.15) is 0 Å². The summed E-state index contributed by atoms with van der Waals surface area (Å²) in [6.07, 6.45) is 4.89. The molecule has 0 aliphatic carbocycles. The number of pyridine rings is 1. The first-order valence-corrected chi connectivity index (χ1v) is 3.38. The number of hydrogen-bond acceptors (Lipinski definition) is 1. The molecular weight excluding hydrogens is 129 g/mol. The van der Waals surface area contributed by atoms with E-state index in [0.717, 1.165) is 12.0 Å². The molecule has 1 rings (SSSR count). The topological polar surface area (TPSA) is 12.9 Å². The molecule has 0 fully saturated rings. The summed E-state index contributed by atoms with van der Waals surface area (Å²) in [5.74, 6) is 0. The van der Waals surface area contributed by atoms with Gasteiger partial charge < -0.3 is 0 Å². The van der Waals surface area contributed by atoms with Gasteiger partial charge in [-0.05, 0) is 24.5 Å². The van der Waals surface area contributed by atoms with Crippen LogP contribution in [0.2, 0.25) is 0 Å². The van der Waals surface area contributed by atoms with E-state index in [1.54, 1.807) is 12.4 Å². The number of rotatable bonds is 3. The molecule has 0 spiro atoms. The second-order valence-electron chi connectivity index (χ2n) is 2.15. The Morgan fingerprint density at radius 1 is 1.50 bits per heavy atom. The van der Waals surface area contributed by atoms with E-state index in [-0.39, 0.29) is 6.67 Å². The van der Waals surface area contributed by atoms with Crippen molar-refractivity contribution in [3.8, 4) is 0 Å². The average molecular weight is 139 g/mol. The summed E-state index contributed by atoms with van der Waals surface area (Å²) in [5.41, 5.74) is 1.11. The molecule has 1 nitrogen and oxygen atoms in total. The van der Waals surface area contributed by atoms with Crippen molar-refractivity contribution in [2.45, 2.75) is 12.8 Å². The van der Waals surface area contributed by atoms with Crippen molar-refractivity contribution in [3.63, 3.8) is 0 Å². The molecule has 0 atom stereocenters. The van der Waals surface area contributed by atoms with Crippen molar-refractivity contribution in [3.05, 3.63) is 30.1 Å². The van der Waals surface area contributed by atoms with Crippen LogP contribution in [0.1, 0.15) is 12.0 Å². The van der Waals surface area contributed by atoms with Crippen LogP contribution in [-0.4, -0.2) is 11.7 Å². The lowest BCUT2D eigenvalue weighted by molar-refractivity contribution is 0.473. The summed E-state index contributed by atoms with van der Waals surface area (Å²) in [5, 5.41) is 0. The van der Waals surface area contributed by atoms with Gasteiger partial charge in [0.05, 0.1) is 6.67 Å². The molecule has 2 heteroatoms. The molecule has 0 saturated carbocycles. The lowest BCUT2D eigenvalue weighted by Crippen LogP contribution is -1.86. The van der Waals surface area contributed by atoms with E-state index in [0.29, 0.717) is 6.42 Å². The Kier molecular flexibility index (Phi) is 2.87. The van der Waals surface area contributed by atoms with Gasteiger partial charge in [0.2, 0.25) is 0 Å². The highest BCUT2D eigenvalue weighted by molar-refractivity contribution is 5.08. The van der Waals surface area contributed by atoms with E-state index in [2.05, 4.69) is 4.98 Å². The van der Waals surface area contributed by atoms with Gasteiger partial charge in [0.1, 0.15) is 0 Å². The smallest absolute Gasteiger partial charge is 0.0897 e. The molecule has 0 unspecified atom stereocenters. The zero-order valence-corrected chi connectivity index (χ0v) is 5.76. The Morgan fingerprint density at radius 3 is 3.00 bits per heavy atom. The van der Waals surface area contributed by atoms with Crippen molar-refractivity contribution >= 4 is 0 Å². The van der Waals surface area contributed by atoms with Crippen molar-refractivity contribution in [2.24, 2.45) is 0 Å². The number of halogens is 1. The molecule has 1 heterocycles. The van der Waals surface area contributed by atoms with Gasteiger partial charge in [-0.15, -0.1) is 0 Å². The van der Waals surface area contributed by atoms with Gasteiger partial charge in [0.15, 0.2) is 0 Å². The second-order valence-corrected chi connectivity index (χ2v) is 2.15. The number of nitrogens with zero attached hydrogens (tertiary/aromatic N) is 1. The van der Waals surface area contributed by atoms with E-state index in [1.807, 2.05) is 12.1 Å². The fourth-order valence-electron chi connectivity index (χ4n) is 0.817. The fourth-order valence-corrected chi connectivity index (χ4v) is 0.817. The molecule has 0 aromatic carbocycles. The monoisotopic (exact) mass is 139 g/mol. The summed E-state index contributed by atoms with van der Waals surface area (Å²) in [6.45, 7) is -0.241. The first kappa shape index (κ1) is 7.19. The standard InChI is InChI=1S/C8H10FN/c9-5-1-3-8-4-2-6-10-7-8/h2,4,6-7H,1,3,5H2. The van der Waals surface area contributed by atoms with E-state index in [1.165, 1.54) is 0 Å². The summed E-state index contributed by atoms with van der Waals surface area (Å²) in [6, 6.07) is 3.83. The van der Waals surface area contributed by atoms with Crippen molar-refractivity contribution in [1.82, 2.24) is 4.98 Å². The summed E-state index contributed by atoms with van der Waals surface area (Å²) < 4.78 is 11.7. The molecule has 1 aromatic heterocycles. The van der Waals surface area contributed by atoms with Crippen LogP contribution in [0.5, 0.6) is 0 Å².